The second kappa shape index (κ2) is 6.16. The van der Waals surface area contributed by atoms with Crippen LogP contribution in [0, 0.1) is 12.7 Å². The molecular formula is C17H20FNO. The predicted octanol–water partition coefficient (Wildman–Crippen LogP) is 2.57. The highest BCUT2D eigenvalue weighted by Gasteiger charge is 2.30. The summed E-state index contributed by atoms with van der Waals surface area (Å²) in [6.45, 7) is 2.18. The smallest absolute Gasteiger partial charge is 0.123 e. The molecule has 0 aliphatic carbocycles. The van der Waals surface area contributed by atoms with E-state index in [9.17, 15) is 9.50 Å². The highest BCUT2D eigenvalue weighted by atomic mass is 19.1. The number of halogens is 1. The zero-order chi connectivity index (χ0) is 14.6. The van der Waals surface area contributed by atoms with Crippen LogP contribution >= 0.6 is 0 Å². The number of aryl methyl sites for hydroxylation is 1. The van der Waals surface area contributed by atoms with E-state index < -0.39 is 5.41 Å². The maximum atomic E-state index is 13.4. The third kappa shape index (κ3) is 3.06. The first-order chi connectivity index (χ1) is 9.59. The molecule has 2 aromatic rings. The van der Waals surface area contributed by atoms with Crippen LogP contribution in [0.3, 0.4) is 0 Å². The van der Waals surface area contributed by atoms with Crippen LogP contribution in [0.2, 0.25) is 0 Å². The lowest BCUT2D eigenvalue weighted by Gasteiger charge is -2.31. The maximum Gasteiger partial charge on any atom is 0.123 e. The summed E-state index contributed by atoms with van der Waals surface area (Å²) in [7, 11) is 0. The molecule has 0 saturated heterocycles. The second-order valence-electron chi connectivity index (χ2n) is 5.32. The molecule has 0 fully saturated rings. The van der Waals surface area contributed by atoms with Crippen LogP contribution in [-0.2, 0) is 11.8 Å². The zero-order valence-electron chi connectivity index (χ0n) is 11.6. The molecule has 2 rings (SSSR count). The summed E-state index contributed by atoms with van der Waals surface area (Å²) in [5.41, 5.74) is 8.26. The third-order valence-electron chi connectivity index (χ3n) is 3.79. The molecule has 0 radical (unpaired) electrons. The molecular weight excluding hydrogens is 253 g/mol. The van der Waals surface area contributed by atoms with E-state index in [1.54, 1.807) is 6.07 Å². The highest BCUT2D eigenvalue weighted by Crippen LogP contribution is 2.28. The van der Waals surface area contributed by atoms with Crippen LogP contribution in [0.4, 0.5) is 4.39 Å². The lowest BCUT2D eigenvalue weighted by molar-refractivity contribution is 0.195. The number of rotatable bonds is 5. The van der Waals surface area contributed by atoms with Gasteiger partial charge in [0.25, 0.3) is 0 Å². The number of nitrogens with two attached hydrogens (primary N) is 1. The molecule has 0 aliphatic rings. The Kier molecular flexibility index (Phi) is 4.53. The molecule has 0 heterocycles. The van der Waals surface area contributed by atoms with Crippen LogP contribution in [0.15, 0.2) is 48.5 Å². The quantitative estimate of drug-likeness (QED) is 0.879. The van der Waals surface area contributed by atoms with Gasteiger partial charge in [-0.3, -0.25) is 0 Å². The first kappa shape index (κ1) is 14.7. The zero-order valence-corrected chi connectivity index (χ0v) is 11.6. The molecule has 20 heavy (non-hydrogen) atoms. The number of aliphatic hydroxyl groups excluding tert-OH is 1. The topological polar surface area (TPSA) is 46.2 Å². The molecule has 2 aromatic carbocycles. The number of benzene rings is 2. The van der Waals surface area contributed by atoms with Crippen molar-refractivity contribution in [2.24, 2.45) is 5.73 Å². The summed E-state index contributed by atoms with van der Waals surface area (Å²) in [4.78, 5) is 0. The number of aliphatic hydroxyl groups is 1. The van der Waals surface area contributed by atoms with Crippen LogP contribution in [0.25, 0.3) is 0 Å². The summed E-state index contributed by atoms with van der Waals surface area (Å²) < 4.78 is 13.4. The fraction of sp³-hybridized carbons (Fsp3) is 0.294. The Hall–Kier alpha value is -1.71. The highest BCUT2D eigenvalue weighted by molar-refractivity contribution is 5.32. The first-order valence-corrected chi connectivity index (χ1v) is 6.72. The molecule has 1 unspecified atom stereocenters. The first-order valence-electron chi connectivity index (χ1n) is 6.72. The fourth-order valence-electron chi connectivity index (χ4n) is 2.42. The van der Waals surface area contributed by atoms with E-state index in [2.05, 4.69) is 0 Å². The van der Waals surface area contributed by atoms with Gasteiger partial charge in [0.1, 0.15) is 5.82 Å². The minimum absolute atomic E-state index is 0.110. The van der Waals surface area contributed by atoms with Crippen molar-refractivity contribution in [2.45, 2.75) is 18.8 Å². The maximum absolute atomic E-state index is 13.4. The van der Waals surface area contributed by atoms with Gasteiger partial charge in [-0.2, -0.15) is 0 Å². The molecule has 0 aliphatic heterocycles. The van der Waals surface area contributed by atoms with Gasteiger partial charge in [0.2, 0.25) is 0 Å². The molecule has 3 heteroatoms. The minimum atomic E-state index is -0.642. The lowest BCUT2D eigenvalue weighted by atomic mass is 9.76. The normalized spacial score (nSPS) is 14.0. The van der Waals surface area contributed by atoms with Crippen LogP contribution in [0.5, 0.6) is 0 Å². The Bertz CT molecular complexity index is 561. The Morgan fingerprint density at radius 1 is 1.15 bits per heavy atom. The van der Waals surface area contributed by atoms with Crippen LogP contribution in [-0.4, -0.2) is 18.3 Å². The average molecular weight is 273 g/mol. The summed E-state index contributed by atoms with van der Waals surface area (Å²) in [5, 5.41) is 9.83. The van der Waals surface area contributed by atoms with Crippen LogP contribution < -0.4 is 5.73 Å². The molecule has 0 bridgehead atoms. The second-order valence-corrected chi connectivity index (χ2v) is 5.32. The SMILES string of the molecule is Cc1ccc(CC(CN)(CO)c2cccc(F)c2)cc1. The van der Waals surface area contributed by atoms with Gasteiger partial charge in [-0.25, -0.2) is 4.39 Å². The van der Waals surface area contributed by atoms with E-state index >= 15 is 0 Å². The molecule has 106 valence electrons. The Labute approximate surface area is 119 Å². The molecule has 2 nitrogen and oxygen atoms in total. The van der Waals surface area contributed by atoms with Gasteiger partial charge in [0.05, 0.1) is 6.61 Å². The molecule has 3 N–H and O–H groups in total. The van der Waals surface area contributed by atoms with E-state index in [-0.39, 0.29) is 19.0 Å². The standard InChI is InChI=1S/C17H20FNO/c1-13-5-7-14(8-6-13)10-17(11-19,12-20)15-3-2-4-16(18)9-15/h2-9,20H,10-12,19H2,1H3. The van der Waals surface area contributed by atoms with E-state index in [1.165, 1.54) is 17.7 Å². The molecule has 0 amide bonds. The van der Waals surface area contributed by atoms with Gasteiger partial charge in [0, 0.05) is 12.0 Å². The van der Waals surface area contributed by atoms with Gasteiger partial charge < -0.3 is 10.8 Å². The Morgan fingerprint density at radius 3 is 2.40 bits per heavy atom. The molecule has 0 aromatic heterocycles. The van der Waals surface area contributed by atoms with Gasteiger partial charge >= 0.3 is 0 Å². The van der Waals surface area contributed by atoms with Crippen molar-refractivity contribution in [3.8, 4) is 0 Å². The van der Waals surface area contributed by atoms with Crippen molar-refractivity contribution in [3.05, 3.63) is 71.0 Å². The van der Waals surface area contributed by atoms with Crippen molar-refractivity contribution in [2.75, 3.05) is 13.2 Å². The van der Waals surface area contributed by atoms with E-state index in [0.29, 0.717) is 6.42 Å². The van der Waals surface area contributed by atoms with Crippen molar-refractivity contribution < 1.29 is 9.50 Å². The van der Waals surface area contributed by atoms with Gasteiger partial charge in [-0.15, -0.1) is 0 Å². The summed E-state index contributed by atoms with van der Waals surface area (Å²) in [5.74, 6) is -0.308. The van der Waals surface area contributed by atoms with Gasteiger partial charge in [-0.1, -0.05) is 42.0 Å². The lowest BCUT2D eigenvalue weighted by Crippen LogP contribution is -2.41. The third-order valence-corrected chi connectivity index (χ3v) is 3.79. The Morgan fingerprint density at radius 2 is 1.85 bits per heavy atom. The van der Waals surface area contributed by atoms with Crippen molar-refractivity contribution >= 4 is 0 Å². The summed E-state index contributed by atoms with van der Waals surface area (Å²) in [6.07, 6.45) is 0.587. The van der Waals surface area contributed by atoms with E-state index in [4.69, 9.17) is 5.73 Å². The molecule has 0 spiro atoms. The number of hydrogen-bond acceptors (Lipinski definition) is 2. The molecule has 0 saturated carbocycles. The van der Waals surface area contributed by atoms with Crippen LogP contribution in [0.1, 0.15) is 16.7 Å². The minimum Gasteiger partial charge on any atom is -0.395 e. The predicted molar refractivity (Wildman–Crippen MR) is 79.1 cm³/mol. The summed E-state index contributed by atoms with van der Waals surface area (Å²) in [6, 6.07) is 14.4. The van der Waals surface area contributed by atoms with E-state index in [0.717, 1.165) is 11.1 Å². The number of hydrogen-bond donors (Lipinski definition) is 2. The largest absolute Gasteiger partial charge is 0.395 e. The Balaban J connectivity index is 2.36. The molecule has 1 atom stereocenters. The van der Waals surface area contributed by atoms with Crippen molar-refractivity contribution in [3.63, 3.8) is 0 Å². The van der Waals surface area contributed by atoms with Gasteiger partial charge in [0.15, 0.2) is 0 Å². The van der Waals surface area contributed by atoms with Gasteiger partial charge in [-0.05, 0) is 36.6 Å². The van der Waals surface area contributed by atoms with Crippen molar-refractivity contribution in [1.82, 2.24) is 0 Å². The summed E-state index contributed by atoms with van der Waals surface area (Å²) >= 11 is 0. The monoisotopic (exact) mass is 273 g/mol. The van der Waals surface area contributed by atoms with Crippen molar-refractivity contribution in [1.29, 1.82) is 0 Å². The average Bonchev–Trinajstić information content (AvgIpc) is 2.47. The van der Waals surface area contributed by atoms with E-state index in [1.807, 2.05) is 37.3 Å². The fourth-order valence-corrected chi connectivity index (χ4v) is 2.42.